The molecular weight excluding hydrogens is 319 g/mol. The second-order valence-electron chi connectivity index (χ2n) is 4.29. The number of thiophene rings is 1. The minimum atomic E-state index is -4.52. The fourth-order valence-corrected chi connectivity index (χ4v) is 2.62. The number of nitrogen functional groups attached to an aromatic ring is 1. The third-order valence-corrected chi connectivity index (χ3v) is 3.78. The van der Waals surface area contributed by atoms with E-state index in [9.17, 15) is 18.0 Å². The Bertz CT molecular complexity index is 854. The first-order valence-corrected chi connectivity index (χ1v) is 6.80. The van der Waals surface area contributed by atoms with E-state index in [2.05, 4.69) is 15.4 Å². The summed E-state index contributed by atoms with van der Waals surface area (Å²) in [6.45, 7) is 0. The molecule has 0 aliphatic heterocycles. The van der Waals surface area contributed by atoms with Crippen molar-refractivity contribution in [1.82, 2.24) is 14.6 Å². The summed E-state index contributed by atoms with van der Waals surface area (Å²) >= 11 is 0.510. The SMILES string of the molecule is Nc1ncc2ccc(C(=O)Nc3ccsc3C(F)(F)F)n2n1. The minimum absolute atomic E-state index is 0.0516. The minimum Gasteiger partial charge on any atom is -0.367 e. The summed E-state index contributed by atoms with van der Waals surface area (Å²) < 4.78 is 39.6. The van der Waals surface area contributed by atoms with Gasteiger partial charge in [-0.3, -0.25) is 4.79 Å². The van der Waals surface area contributed by atoms with Crippen LogP contribution in [-0.2, 0) is 6.18 Å². The third-order valence-electron chi connectivity index (χ3n) is 2.82. The van der Waals surface area contributed by atoms with Crippen LogP contribution in [0.1, 0.15) is 15.4 Å². The zero-order chi connectivity index (χ0) is 15.9. The number of hydrogen-bond acceptors (Lipinski definition) is 5. The highest BCUT2D eigenvalue weighted by Crippen LogP contribution is 2.38. The molecular formula is C12H8F3N5OS. The van der Waals surface area contributed by atoms with Crippen molar-refractivity contribution >= 4 is 34.4 Å². The molecule has 3 N–H and O–H groups in total. The van der Waals surface area contributed by atoms with E-state index in [1.807, 2.05) is 0 Å². The van der Waals surface area contributed by atoms with Gasteiger partial charge in [-0.05, 0) is 23.6 Å². The number of aromatic nitrogens is 3. The number of nitrogens with one attached hydrogen (secondary N) is 1. The largest absolute Gasteiger partial charge is 0.427 e. The van der Waals surface area contributed by atoms with Crippen molar-refractivity contribution in [3.8, 4) is 0 Å². The van der Waals surface area contributed by atoms with E-state index < -0.39 is 17.0 Å². The van der Waals surface area contributed by atoms with Gasteiger partial charge < -0.3 is 11.1 Å². The number of hydrogen-bond donors (Lipinski definition) is 2. The predicted molar refractivity (Wildman–Crippen MR) is 74.7 cm³/mol. The number of carbonyl (C=O) groups excluding carboxylic acids is 1. The van der Waals surface area contributed by atoms with E-state index in [1.54, 1.807) is 6.07 Å². The fraction of sp³-hybridized carbons (Fsp3) is 0.0833. The Morgan fingerprint density at radius 2 is 2.09 bits per heavy atom. The molecule has 0 radical (unpaired) electrons. The van der Waals surface area contributed by atoms with Crippen LogP contribution in [0, 0.1) is 0 Å². The number of nitrogens with two attached hydrogens (primary N) is 1. The maximum Gasteiger partial charge on any atom is 0.427 e. The lowest BCUT2D eigenvalue weighted by Gasteiger charge is -2.09. The molecule has 3 aromatic heterocycles. The molecule has 0 unspecified atom stereocenters. The summed E-state index contributed by atoms with van der Waals surface area (Å²) in [5.41, 5.74) is 5.71. The second-order valence-corrected chi connectivity index (χ2v) is 5.20. The van der Waals surface area contributed by atoms with E-state index in [-0.39, 0.29) is 17.3 Å². The fourth-order valence-electron chi connectivity index (χ4n) is 1.90. The van der Waals surface area contributed by atoms with Crippen LogP contribution in [0.3, 0.4) is 0 Å². The van der Waals surface area contributed by atoms with Crippen LogP contribution in [0.15, 0.2) is 29.8 Å². The molecule has 0 bridgehead atoms. The van der Waals surface area contributed by atoms with Crippen LogP contribution in [0.2, 0.25) is 0 Å². The van der Waals surface area contributed by atoms with Gasteiger partial charge in [-0.1, -0.05) is 0 Å². The smallest absolute Gasteiger partial charge is 0.367 e. The highest BCUT2D eigenvalue weighted by Gasteiger charge is 2.35. The first kappa shape index (κ1) is 14.3. The normalized spacial score (nSPS) is 11.8. The Morgan fingerprint density at radius 3 is 2.82 bits per heavy atom. The molecule has 22 heavy (non-hydrogen) atoms. The number of nitrogens with zero attached hydrogens (tertiary/aromatic N) is 3. The van der Waals surface area contributed by atoms with Crippen molar-refractivity contribution in [3.05, 3.63) is 40.3 Å². The zero-order valence-corrected chi connectivity index (χ0v) is 11.6. The molecule has 3 aromatic rings. The quantitative estimate of drug-likeness (QED) is 0.758. The van der Waals surface area contributed by atoms with Gasteiger partial charge in [0.2, 0.25) is 5.95 Å². The van der Waals surface area contributed by atoms with Gasteiger partial charge in [-0.2, -0.15) is 13.2 Å². The summed E-state index contributed by atoms with van der Waals surface area (Å²) in [6, 6.07) is 4.19. The zero-order valence-electron chi connectivity index (χ0n) is 10.8. The van der Waals surface area contributed by atoms with Crippen LogP contribution < -0.4 is 11.1 Å². The van der Waals surface area contributed by atoms with Crippen molar-refractivity contribution in [2.45, 2.75) is 6.18 Å². The Morgan fingerprint density at radius 1 is 1.32 bits per heavy atom. The Labute approximate surface area is 125 Å². The summed E-state index contributed by atoms with van der Waals surface area (Å²) in [7, 11) is 0. The number of rotatable bonds is 2. The molecule has 0 saturated carbocycles. The van der Waals surface area contributed by atoms with Crippen molar-refractivity contribution in [3.63, 3.8) is 0 Å². The molecule has 0 aliphatic carbocycles. The molecule has 0 aliphatic rings. The Balaban J connectivity index is 1.95. The predicted octanol–water partition coefficient (Wildman–Crippen LogP) is 2.64. The van der Waals surface area contributed by atoms with Gasteiger partial charge in [0.15, 0.2) is 0 Å². The maximum atomic E-state index is 12.8. The van der Waals surface area contributed by atoms with Gasteiger partial charge >= 0.3 is 6.18 Å². The first-order chi connectivity index (χ1) is 10.4. The summed E-state index contributed by atoms with van der Waals surface area (Å²) in [6.07, 6.45) is -3.12. The number of halogens is 3. The van der Waals surface area contributed by atoms with Crippen LogP contribution in [-0.4, -0.2) is 20.5 Å². The van der Waals surface area contributed by atoms with E-state index in [0.717, 1.165) is 0 Å². The summed E-state index contributed by atoms with van der Waals surface area (Å²) in [5, 5.41) is 7.36. The number of fused-ring (bicyclic) bond motifs is 1. The summed E-state index contributed by atoms with van der Waals surface area (Å²) in [4.78, 5) is 15.1. The molecule has 0 aromatic carbocycles. The summed E-state index contributed by atoms with van der Waals surface area (Å²) in [5.74, 6) is -0.772. The van der Waals surface area contributed by atoms with Gasteiger partial charge in [-0.25, -0.2) is 9.50 Å². The Hall–Kier alpha value is -2.62. The van der Waals surface area contributed by atoms with E-state index in [0.29, 0.717) is 16.9 Å². The van der Waals surface area contributed by atoms with Crippen LogP contribution >= 0.6 is 11.3 Å². The molecule has 0 atom stereocenters. The molecule has 3 rings (SSSR count). The lowest BCUT2D eigenvalue weighted by molar-refractivity contribution is -0.133. The van der Waals surface area contributed by atoms with Crippen molar-refractivity contribution in [2.75, 3.05) is 11.1 Å². The van der Waals surface area contributed by atoms with Gasteiger partial charge in [0.25, 0.3) is 5.91 Å². The molecule has 6 nitrogen and oxygen atoms in total. The number of amides is 1. The molecule has 1 amide bonds. The molecule has 0 spiro atoms. The standard InChI is InChI=1S/C12H8F3N5OS/c13-12(14,15)9-7(3-4-22-9)18-10(21)8-2-1-6-5-17-11(16)19-20(6)8/h1-5H,(H2,16,19)(H,18,21). The molecule has 10 heteroatoms. The van der Waals surface area contributed by atoms with Crippen LogP contribution in [0.5, 0.6) is 0 Å². The van der Waals surface area contributed by atoms with E-state index >= 15 is 0 Å². The van der Waals surface area contributed by atoms with Crippen molar-refractivity contribution in [1.29, 1.82) is 0 Å². The average Bonchev–Trinajstić information content (AvgIpc) is 3.03. The van der Waals surface area contributed by atoms with E-state index in [1.165, 1.54) is 28.2 Å². The highest BCUT2D eigenvalue weighted by atomic mass is 32.1. The first-order valence-electron chi connectivity index (χ1n) is 5.92. The number of anilines is 2. The van der Waals surface area contributed by atoms with E-state index in [4.69, 9.17) is 5.73 Å². The third kappa shape index (κ3) is 2.48. The second kappa shape index (κ2) is 4.98. The Kier molecular flexibility index (Phi) is 3.24. The lowest BCUT2D eigenvalue weighted by atomic mass is 10.3. The lowest BCUT2D eigenvalue weighted by Crippen LogP contribution is -2.17. The molecule has 3 heterocycles. The topological polar surface area (TPSA) is 85.3 Å². The monoisotopic (exact) mass is 327 g/mol. The van der Waals surface area contributed by atoms with Crippen molar-refractivity contribution in [2.24, 2.45) is 0 Å². The van der Waals surface area contributed by atoms with Gasteiger partial charge in [0, 0.05) is 0 Å². The molecule has 114 valence electrons. The van der Waals surface area contributed by atoms with Gasteiger partial charge in [0.05, 0.1) is 17.4 Å². The molecule has 0 saturated heterocycles. The molecule has 0 fully saturated rings. The van der Waals surface area contributed by atoms with Gasteiger partial charge in [0.1, 0.15) is 10.6 Å². The number of alkyl halides is 3. The number of carbonyl (C=O) groups is 1. The highest BCUT2D eigenvalue weighted by molar-refractivity contribution is 7.10. The maximum absolute atomic E-state index is 12.8. The average molecular weight is 327 g/mol. The van der Waals surface area contributed by atoms with Gasteiger partial charge in [-0.15, -0.1) is 16.4 Å². The van der Waals surface area contributed by atoms with Crippen LogP contribution in [0.25, 0.3) is 5.52 Å². The van der Waals surface area contributed by atoms with Crippen molar-refractivity contribution < 1.29 is 18.0 Å². The van der Waals surface area contributed by atoms with Crippen LogP contribution in [0.4, 0.5) is 24.8 Å².